The Hall–Kier alpha value is -2.81. The van der Waals surface area contributed by atoms with Crippen LogP contribution in [0.3, 0.4) is 0 Å². The second-order valence-electron chi connectivity index (χ2n) is 4.77. The van der Waals surface area contributed by atoms with Crippen LogP contribution in [0, 0.1) is 11.3 Å². The molecule has 1 aromatic heterocycles. The first-order valence-electron chi connectivity index (χ1n) is 6.69. The Labute approximate surface area is 122 Å². The minimum absolute atomic E-state index is 0.0766. The molecule has 3 rings (SSSR count). The molecule has 1 aliphatic heterocycles. The number of benzene rings is 1. The molecular weight excluding hydrogens is 268 g/mol. The Morgan fingerprint density at radius 2 is 2.19 bits per heavy atom. The first-order valence-corrected chi connectivity index (χ1v) is 6.69. The van der Waals surface area contributed by atoms with Crippen molar-refractivity contribution < 1.29 is 9.53 Å². The SMILES string of the molecule is C[C@H]1Oc2ccccc2N(CCn2ccnc2C#N)C1=O. The monoisotopic (exact) mass is 282 g/mol. The first-order chi connectivity index (χ1) is 10.2. The zero-order valence-electron chi connectivity index (χ0n) is 11.6. The van der Waals surface area contributed by atoms with Crippen molar-refractivity contribution in [3.8, 4) is 11.8 Å². The molecule has 1 aliphatic rings. The molecule has 0 radical (unpaired) electrons. The van der Waals surface area contributed by atoms with Gasteiger partial charge >= 0.3 is 0 Å². The number of carbonyl (C=O) groups is 1. The smallest absolute Gasteiger partial charge is 0.267 e. The van der Waals surface area contributed by atoms with Crippen molar-refractivity contribution >= 4 is 11.6 Å². The van der Waals surface area contributed by atoms with E-state index in [0.717, 1.165) is 5.69 Å². The molecule has 0 N–H and O–H groups in total. The minimum atomic E-state index is -0.502. The standard InChI is InChI=1S/C15H14N4O2/c1-11-15(20)19(12-4-2-3-5-13(12)21-11)9-8-18-7-6-17-14(18)10-16/h2-7,11H,8-9H2,1H3/t11-/m1/s1. The Morgan fingerprint density at radius 3 is 3.00 bits per heavy atom. The zero-order valence-corrected chi connectivity index (χ0v) is 11.6. The number of hydrogen-bond acceptors (Lipinski definition) is 4. The molecule has 0 aliphatic carbocycles. The summed E-state index contributed by atoms with van der Waals surface area (Å²) in [6.45, 7) is 2.72. The van der Waals surface area contributed by atoms with Gasteiger partial charge in [-0.3, -0.25) is 4.79 Å². The Balaban J connectivity index is 1.84. The Kier molecular flexibility index (Phi) is 3.32. The third-order valence-electron chi connectivity index (χ3n) is 3.45. The summed E-state index contributed by atoms with van der Waals surface area (Å²) in [7, 11) is 0. The summed E-state index contributed by atoms with van der Waals surface area (Å²) in [6.07, 6.45) is 2.81. The molecule has 6 nitrogen and oxygen atoms in total. The number of carbonyl (C=O) groups excluding carboxylic acids is 1. The Bertz CT molecular complexity index is 716. The molecule has 2 heterocycles. The summed E-state index contributed by atoms with van der Waals surface area (Å²) in [6, 6.07) is 9.49. The van der Waals surface area contributed by atoms with Gasteiger partial charge in [-0.15, -0.1) is 0 Å². The fourth-order valence-corrected chi connectivity index (χ4v) is 2.40. The minimum Gasteiger partial charge on any atom is -0.479 e. The van der Waals surface area contributed by atoms with Gasteiger partial charge < -0.3 is 14.2 Å². The summed E-state index contributed by atoms with van der Waals surface area (Å²) < 4.78 is 7.33. The molecule has 0 fully saturated rings. The second kappa shape index (κ2) is 5.29. The molecule has 0 bridgehead atoms. The normalized spacial score (nSPS) is 17.0. The van der Waals surface area contributed by atoms with Gasteiger partial charge in [0.05, 0.1) is 5.69 Å². The highest BCUT2D eigenvalue weighted by molar-refractivity contribution is 5.99. The molecule has 106 valence electrons. The number of nitrogens with zero attached hydrogens (tertiary/aromatic N) is 4. The van der Waals surface area contributed by atoms with Crippen LogP contribution < -0.4 is 9.64 Å². The van der Waals surface area contributed by atoms with Gasteiger partial charge in [0.2, 0.25) is 5.82 Å². The number of anilines is 1. The van der Waals surface area contributed by atoms with Gasteiger partial charge in [-0.05, 0) is 19.1 Å². The predicted octanol–water partition coefficient (Wildman–Crippen LogP) is 1.57. The van der Waals surface area contributed by atoms with Crippen molar-refractivity contribution in [3.05, 3.63) is 42.5 Å². The van der Waals surface area contributed by atoms with E-state index in [1.165, 1.54) is 0 Å². The van der Waals surface area contributed by atoms with E-state index >= 15 is 0 Å². The molecule has 1 aromatic carbocycles. The lowest BCUT2D eigenvalue weighted by Crippen LogP contribution is -2.45. The summed E-state index contributed by atoms with van der Waals surface area (Å²) >= 11 is 0. The lowest BCUT2D eigenvalue weighted by atomic mass is 10.2. The maximum Gasteiger partial charge on any atom is 0.267 e. The highest BCUT2D eigenvalue weighted by atomic mass is 16.5. The largest absolute Gasteiger partial charge is 0.479 e. The summed E-state index contributed by atoms with van der Waals surface area (Å²) in [5.41, 5.74) is 0.763. The molecule has 0 saturated heterocycles. The van der Waals surface area contributed by atoms with E-state index in [0.29, 0.717) is 24.7 Å². The number of ether oxygens (including phenoxy) is 1. The third-order valence-corrected chi connectivity index (χ3v) is 3.45. The van der Waals surface area contributed by atoms with E-state index in [-0.39, 0.29) is 5.91 Å². The highest BCUT2D eigenvalue weighted by Gasteiger charge is 2.30. The van der Waals surface area contributed by atoms with Gasteiger partial charge in [0.25, 0.3) is 5.91 Å². The number of rotatable bonds is 3. The van der Waals surface area contributed by atoms with Gasteiger partial charge in [0, 0.05) is 25.5 Å². The van der Waals surface area contributed by atoms with Crippen molar-refractivity contribution in [1.82, 2.24) is 9.55 Å². The number of para-hydroxylation sites is 2. The van der Waals surface area contributed by atoms with Crippen molar-refractivity contribution in [3.63, 3.8) is 0 Å². The van der Waals surface area contributed by atoms with E-state index in [1.807, 2.05) is 30.3 Å². The number of imidazole rings is 1. The van der Waals surface area contributed by atoms with Crippen LogP contribution in [-0.4, -0.2) is 28.1 Å². The molecule has 2 aromatic rings. The van der Waals surface area contributed by atoms with Gasteiger partial charge in [-0.25, -0.2) is 4.98 Å². The van der Waals surface area contributed by atoms with Crippen LogP contribution in [0.4, 0.5) is 5.69 Å². The van der Waals surface area contributed by atoms with E-state index in [4.69, 9.17) is 10.00 Å². The lowest BCUT2D eigenvalue weighted by Gasteiger charge is -2.33. The zero-order chi connectivity index (χ0) is 14.8. The maximum atomic E-state index is 12.3. The van der Waals surface area contributed by atoms with Gasteiger partial charge in [-0.1, -0.05) is 12.1 Å². The lowest BCUT2D eigenvalue weighted by molar-refractivity contribution is -0.125. The molecule has 0 saturated carbocycles. The average molecular weight is 282 g/mol. The van der Waals surface area contributed by atoms with Gasteiger partial charge in [0.15, 0.2) is 6.10 Å². The van der Waals surface area contributed by atoms with Crippen LogP contribution in [0.25, 0.3) is 0 Å². The van der Waals surface area contributed by atoms with Crippen molar-refractivity contribution in [2.45, 2.75) is 19.6 Å². The number of amides is 1. The second-order valence-corrected chi connectivity index (χ2v) is 4.77. The topological polar surface area (TPSA) is 71.2 Å². The van der Waals surface area contributed by atoms with Crippen LogP contribution in [-0.2, 0) is 11.3 Å². The van der Waals surface area contributed by atoms with Crippen LogP contribution >= 0.6 is 0 Å². The van der Waals surface area contributed by atoms with E-state index in [2.05, 4.69) is 4.98 Å². The number of fused-ring (bicyclic) bond motifs is 1. The number of aromatic nitrogens is 2. The van der Waals surface area contributed by atoms with Crippen molar-refractivity contribution in [2.75, 3.05) is 11.4 Å². The number of hydrogen-bond donors (Lipinski definition) is 0. The molecular formula is C15H14N4O2. The summed E-state index contributed by atoms with van der Waals surface area (Å²) in [5.74, 6) is 0.972. The molecule has 21 heavy (non-hydrogen) atoms. The summed E-state index contributed by atoms with van der Waals surface area (Å²) in [5, 5.41) is 8.96. The van der Waals surface area contributed by atoms with Crippen molar-refractivity contribution in [1.29, 1.82) is 5.26 Å². The predicted molar refractivity (Wildman–Crippen MR) is 75.8 cm³/mol. The molecule has 1 atom stereocenters. The number of nitriles is 1. The third kappa shape index (κ3) is 2.34. The van der Waals surface area contributed by atoms with E-state index in [9.17, 15) is 4.79 Å². The Morgan fingerprint density at radius 1 is 1.38 bits per heavy atom. The van der Waals surface area contributed by atoms with Crippen LogP contribution in [0.5, 0.6) is 5.75 Å². The van der Waals surface area contributed by atoms with E-state index in [1.54, 1.807) is 28.8 Å². The van der Waals surface area contributed by atoms with Crippen LogP contribution in [0.15, 0.2) is 36.7 Å². The fourth-order valence-electron chi connectivity index (χ4n) is 2.40. The van der Waals surface area contributed by atoms with Crippen LogP contribution in [0.2, 0.25) is 0 Å². The molecule has 1 amide bonds. The van der Waals surface area contributed by atoms with Crippen molar-refractivity contribution in [2.24, 2.45) is 0 Å². The summed E-state index contributed by atoms with van der Waals surface area (Å²) in [4.78, 5) is 18.0. The molecule has 0 spiro atoms. The molecule has 6 heteroatoms. The maximum absolute atomic E-state index is 12.3. The van der Waals surface area contributed by atoms with Gasteiger partial charge in [0.1, 0.15) is 11.8 Å². The van der Waals surface area contributed by atoms with Gasteiger partial charge in [-0.2, -0.15) is 5.26 Å². The van der Waals surface area contributed by atoms with E-state index < -0.39 is 6.10 Å². The van der Waals surface area contributed by atoms with Crippen LogP contribution in [0.1, 0.15) is 12.7 Å². The molecule has 0 unspecified atom stereocenters. The highest BCUT2D eigenvalue weighted by Crippen LogP contribution is 2.33. The fraction of sp³-hybridized carbons (Fsp3) is 0.267. The first kappa shape index (κ1) is 13.2. The average Bonchev–Trinajstić information content (AvgIpc) is 2.95. The quantitative estimate of drug-likeness (QED) is 0.856.